The first-order valence-electron chi connectivity index (χ1n) is 4.03. The number of benzene rings is 1. The van der Waals surface area contributed by atoms with Crippen LogP contribution in [-0.4, -0.2) is 6.61 Å². The summed E-state index contributed by atoms with van der Waals surface area (Å²) in [6, 6.07) is 9.68. The van der Waals surface area contributed by atoms with Crippen molar-refractivity contribution in [2.24, 2.45) is 0 Å². The molecule has 0 atom stereocenters. The van der Waals surface area contributed by atoms with Crippen molar-refractivity contribution in [2.45, 2.75) is 0 Å². The minimum absolute atomic E-state index is 0.409. The Morgan fingerprint density at radius 2 is 2.08 bits per heavy atom. The van der Waals surface area contributed by atoms with E-state index in [-0.39, 0.29) is 0 Å². The summed E-state index contributed by atoms with van der Waals surface area (Å²) in [5.74, 6) is 0. The van der Waals surface area contributed by atoms with Crippen LogP contribution in [0.1, 0.15) is 5.56 Å². The number of hydrogen-bond acceptors (Lipinski definition) is 1. The molecule has 0 aliphatic carbocycles. The number of hydrogen-bond donors (Lipinski definition) is 0. The zero-order valence-electron chi connectivity index (χ0n) is 7.44. The highest BCUT2D eigenvalue weighted by molar-refractivity contribution is 5.69. The molecule has 13 heavy (non-hydrogen) atoms. The molecule has 0 N–H and O–H groups in total. The fourth-order valence-electron chi connectivity index (χ4n) is 0.851. The molecule has 0 heterocycles. The monoisotopic (exact) mass is 174 g/mol. The summed E-state index contributed by atoms with van der Waals surface area (Å²) in [5, 5.41) is 0. The second kappa shape index (κ2) is 5.17. The third kappa shape index (κ3) is 3.13. The lowest BCUT2D eigenvalue weighted by Gasteiger charge is -2.23. The van der Waals surface area contributed by atoms with E-state index >= 15 is 0 Å². The minimum atomic E-state index is 0.409. The largest absolute Gasteiger partial charge is 0.562 e. The van der Waals surface area contributed by atoms with Gasteiger partial charge in [0, 0.05) is 6.61 Å². The van der Waals surface area contributed by atoms with E-state index in [1.807, 2.05) is 30.3 Å². The fraction of sp³-hybridized carbons (Fsp3) is 0.0909. The number of nitrogens with zero attached hydrogens (tertiary/aromatic N) is 1. The highest BCUT2D eigenvalue weighted by atomic mass is 16.6. The Balaban J connectivity index is 2.45. The van der Waals surface area contributed by atoms with Crippen LogP contribution in [0.4, 0.5) is 0 Å². The van der Waals surface area contributed by atoms with Gasteiger partial charge in [-0.15, -0.1) is 18.9 Å². The first-order valence-corrected chi connectivity index (χ1v) is 4.03. The van der Waals surface area contributed by atoms with Crippen molar-refractivity contribution in [2.75, 3.05) is 6.61 Å². The van der Waals surface area contributed by atoms with Crippen LogP contribution in [0.3, 0.4) is 0 Å². The molecule has 0 saturated heterocycles. The molecule has 1 aromatic rings. The van der Waals surface area contributed by atoms with Crippen molar-refractivity contribution in [1.29, 1.82) is 0 Å². The molecule has 0 aliphatic rings. The van der Waals surface area contributed by atoms with Gasteiger partial charge in [-0.3, -0.25) is 0 Å². The van der Waals surface area contributed by atoms with Crippen LogP contribution in [0.15, 0.2) is 49.6 Å². The zero-order chi connectivity index (χ0) is 9.52. The third-order valence-electron chi connectivity index (χ3n) is 1.47. The van der Waals surface area contributed by atoms with Gasteiger partial charge in [0.15, 0.2) is 0 Å². The molecule has 0 fully saturated rings. The van der Waals surface area contributed by atoms with Crippen LogP contribution >= 0.6 is 0 Å². The Labute approximate surface area is 78.5 Å². The maximum Gasteiger partial charge on any atom is 0.0477 e. The highest BCUT2D eigenvalue weighted by Crippen LogP contribution is 2.17. The summed E-state index contributed by atoms with van der Waals surface area (Å²) >= 11 is 0. The van der Waals surface area contributed by atoms with Gasteiger partial charge < -0.3 is 10.3 Å². The van der Waals surface area contributed by atoms with E-state index in [2.05, 4.69) is 18.6 Å². The first kappa shape index (κ1) is 9.55. The van der Waals surface area contributed by atoms with Gasteiger partial charge in [0.05, 0.1) is 0 Å². The summed E-state index contributed by atoms with van der Waals surface area (Å²) in [7, 11) is 0. The summed E-state index contributed by atoms with van der Waals surface area (Å²) in [6.07, 6.45) is 1.64. The average molecular weight is 174 g/mol. The standard InChI is InChI=1S/C11H12NO/c1-3-9-13-12-10(2)11-7-5-4-6-8-11/h3-8H,1-2,9H2/q-1. The second-order valence-electron chi connectivity index (χ2n) is 2.49. The van der Waals surface area contributed by atoms with Gasteiger partial charge in [-0.25, -0.2) is 0 Å². The Kier molecular flexibility index (Phi) is 3.79. The highest BCUT2D eigenvalue weighted by Gasteiger charge is 1.85. The third-order valence-corrected chi connectivity index (χ3v) is 1.47. The average Bonchev–Trinajstić information content (AvgIpc) is 2.19. The molecule has 0 aromatic heterocycles. The molecular weight excluding hydrogens is 162 g/mol. The normalized spacial score (nSPS) is 9.23. The lowest BCUT2D eigenvalue weighted by Crippen LogP contribution is -1.86. The molecular formula is C11H12NO-. The van der Waals surface area contributed by atoms with Gasteiger partial charge in [-0.05, 0) is 5.56 Å². The van der Waals surface area contributed by atoms with Gasteiger partial charge in [0.25, 0.3) is 0 Å². The Morgan fingerprint density at radius 3 is 2.69 bits per heavy atom. The molecule has 2 nitrogen and oxygen atoms in total. The van der Waals surface area contributed by atoms with E-state index in [1.165, 1.54) is 0 Å². The SMILES string of the molecule is C=CCO[N-]C(=C)c1ccccc1. The Hall–Kier alpha value is -1.54. The maximum absolute atomic E-state index is 4.91. The topological polar surface area (TPSA) is 23.3 Å². The lowest BCUT2D eigenvalue weighted by molar-refractivity contribution is 0.267. The zero-order valence-corrected chi connectivity index (χ0v) is 7.44. The van der Waals surface area contributed by atoms with Crippen LogP contribution in [0.5, 0.6) is 0 Å². The molecule has 2 heteroatoms. The molecule has 1 rings (SSSR count). The van der Waals surface area contributed by atoms with Crippen LogP contribution < -0.4 is 0 Å². The Bertz CT molecular complexity index is 279. The summed E-state index contributed by atoms with van der Waals surface area (Å²) in [4.78, 5) is 4.91. The van der Waals surface area contributed by atoms with E-state index < -0.39 is 0 Å². The van der Waals surface area contributed by atoms with E-state index in [0.717, 1.165) is 5.56 Å². The van der Waals surface area contributed by atoms with Gasteiger partial charge in [0.2, 0.25) is 0 Å². The number of rotatable bonds is 5. The first-order chi connectivity index (χ1) is 6.34. The van der Waals surface area contributed by atoms with Crippen molar-refractivity contribution < 1.29 is 4.84 Å². The predicted octanol–water partition coefficient (Wildman–Crippen LogP) is 3.15. The summed E-state index contributed by atoms with van der Waals surface area (Å²) < 4.78 is 0. The molecule has 0 spiro atoms. The van der Waals surface area contributed by atoms with Crippen molar-refractivity contribution in [3.8, 4) is 0 Å². The lowest BCUT2D eigenvalue weighted by atomic mass is 10.2. The van der Waals surface area contributed by atoms with Crippen molar-refractivity contribution >= 4 is 5.70 Å². The summed E-state index contributed by atoms with van der Waals surface area (Å²) in [6.45, 7) is 7.69. The Morgan fingerprint density at radius 1 is 1.38 bits per heavy atom. The predicted molar refractivity (Wildman–Crippen MR) is 55.0 cm³/mol. The van der Waals surface area contributed by atoms with Crippen LogP contribution in [0.25, 0.3) is 11.2 Å². The van der Waals surface area contributed by atoms with Crippen molar-refractivity contribution in [1.82, 2.24) is 0 Å². The van der Waals surface area contributed by atoms with E-state index in [9.17, 15) is 0 Å². The molecule has 0 amide bonds. The van der Waals surface area contributed by atoms with E-state index in [1.54, 1.807) is 6.08 Å². The molecule has 0 radical (unpaired) electrons. The van der Waals surface area contributed by atoms with E-state index in [4.69, 9.17) is 4.84 Å². The molecule has 68 valence electrons. The van der Waals surface area contributed by atoms with E-state index in [0.29, 0.717) is 12.3 Å². The van der Waals surface area contributed by atoms with Gasteiger partial charge in [0.1, 0.15) is 0 Å². The smallest absolute Gasteiger partial charge is 0.0477 e. The molecule has 0 unspecified atom stereocenters. The summed E-state index contributed by atoms with van der Waals surface area (Å²) in [5.41, 5.74) is 5.41. The van der Waals surface area contributed by atoms with Crippen LogP contribution in [-0.2, 0) is 4.84 Å². The van der Waals surface area contributed by atoms with Crippen LogP contribution in [0.2, 0.25) is 0 Å². The van der Waals surface area contributed by atoms with Crippen molar-refractivity contribution in [3.63, 3.8) is 0 Å². The number of hydroxylamine groups is 1. The fourth-order valence-corrected chi connectivity index (χ4v) is 0.851. The molecule has 1 aromatic carbocycles. The molecule has 0 aliphatic heterocycles. The second-order valence-corrected chi connectivity index (χ2v) is 2.49. The van der Waals surface area contributed by atoms with Gasteiger partial charge >= 0.3 is 0 Å². The molecule has 0 bridgehead atoms. The molecule has 0 saturated carbocycles. The minimum Gasteiger partial charge on any atom is -0.562 e. The quantitative estimate of drug-likeness (QED) is 0.382. The van der Waals surface area contributed by atoms with Gasteiger partial charge in [-0.1, -0.05) is 36.4 Å². The van der Waals surface area contributed by atoms with Gasteiger partial charge in [-0.2, -0.15) is 0 Å². The van der Waals surface area contributed by atoms with Crippen LogP contribution in [0, 0.1) is 0 Å². The van der Waals surface area contributed by atoms with Crippen molar-refractivity contribution in [3.05, 3.63) is 60.6 Å². The maximum atomic E-state index is 4.91.